The second-order valence-electron chi connectivity index (χ2n) is 4.15. The Balaban J connectivity index is 2.79. The molecular weight excluding hydrogens is 172 g/mol. The lowest BCUT2D eigenvalue weighted by Crippen LogP contribution is -1.90. The average molecular weight is 192 g/mol. The minimum atomic E-state index is 0.463. The molecule has 0 heterocycles. The molecule has 0 bridgehead atoms. The molecule has 0 amide bonds. The lowest BCUT2D eigenvalue weighted by atomic mass is 9.99. The van der Waals surface area contributed by atoms with Gasteiger partial charge in [0.15, 0.2) is 0 Å². The maximum Gasteiger partial charge on any atom is 0.119 e. The van der Waals surface area contributed by atoms with Crippen molar-refractivity contribution in [3.8, 4) is 5.75 Å². The zero-order valence-electron chi connectivity index (χ0n) is 9.38. The molecule has 0 aliphatic rings. The molecule has 1 rings (SSSR count). The van der Waals surface area contributed by atoms with Crippen LogP contribution in [0.1, 0.15) is 50.7 Å². The van der Waals surface area contributed by atoms with Gasteiger partial charge in [-0.15, -0.1) is 0 Å². The first-order chi connectivity index (χ1) is 6.65. The fraction of sp³-hybridized carbons (Fsp3) is 0.538. The quantitative estimate of drug-likeness (QED) is 0.768. The Kier molecular flexibility index (Phi) is 3.99. The number of unbranched alkanes of at least 4 members (excludes halogenated alkanes) is 1. The van der Waals surface area contributed by atoms with Gasteiger partial charge in [0.05, 0.1) is 0 Å². The molecule has 0 radical (unpaired) electrons. The fourth-order valence-corrected chi connectivity index (χ4v) is 1.52. The van der Waals surface area contributed by atoms with Gasteiger partial charge in [0, 0.05) is 0 Å². The highest BCUT2D eigenvalue weighted by Gasteiger charge is 2.04. The van der Waals surface area contributed by atoms with E-state index in [9.17, 15) is 5.11 Å². The van der Waals surface area contributed by atoms with Crippen molar-refractivity contribution in [1.29, 1.82) is 0 Å². The lowest BCUT2D eigenvalue weighted by Gasteiger charge is -2.09. The molecule has 0 fully saturated rings. The maximum atomic E-state index is 9.77. The van der Waals surface area contributed by atoms with Crippen LogP contribution in [0.3, 0.4) is 0 Å². The summed E-state index contributed by atoms with van der Waals surface area (Å²) in [5.74, 6) is 0.950. The zero-order valence-corrected chi connectivity index (χ0v) is 9.38. The summed E-state index contributed by atoms with van der Waals surface area (Å²) in [6.45, 7) is 6.44. The number of phenolic OH excluding ortho intramolecular Hbond substituents is 1. The maximum absolute atomic E-state index is 9.77. The minimum Gasteiger partial charge on any atom is -0.508 e. The first-order valence-electron chi connectivity index (χ1n) is 5.47. The third kappa shape index (κ3) is 2.76. The Morgan fingerprint density at radius 2 is 2.00 bits per heavy atom. The number of aryl methyl sites for hydroxylation is 1. The van der Waals surface area contributed by atoms with Gasteiger partial charge in [-0.05, 0) is 36.0 Å². The minimum absolute atomic E-state index is 0.463. The Labute approximate surface area is 86.8 Å². The molecule has 1 nitrogen and oxygen atoms in total. The first-order valence-corrected chi connectivity index (χ1v) is 5.47. The average Bonchev–Trinajstić information content (AvgIpc) is 2.15. The van der Waals surface area contributed by atoms with Crippen LogP contribution in [0.25, 0.3) is 0 Å². The van der Waals surface area contributed by atoms with Gasteiger partial charge in [-0.3, -0.25) is 0 Å². The van der Waals surface area contributed by atoms with Gasteiger partial charge in [0.1, 0.15) is 5.75 Å². The standard InChI is InChI=1S/C13H20O/c1-4-5-6-11-7-8-12(10(2)3)9-13(11)14/h7-10,14H,4-6H2,1-3H3. The molecular formula is C13H20O. The van der Waals surface area contributed by atoms with E-state index >= 15 is 0 Å². The van der Waals surface area contributed by atoms with E-state index in [4.69, 9.17) is 0 Å². The molecule has 1 aromatic carbocycles. The molecule has 0 saturated carbocycles. The van der Waals surface area contributed by atoms with Crippen molar-refractivity contribution in [2.45, 2.75) is 46.0 Å². The smallest absolute Gasteiger partial charge is 0.119 e. The number of phenols is 1. The van der Waals surface area contributed by atoms with E-state index in [-0.39, 0.29) is 0 Å². The van der Waals surface area contributed by atoms with Crippen LogP contribution in [0.2, 0.25) is 0 Å². The first kappa shape index (κ1) is 11.1. The number of rotatable bonds is 4. The summed E-state index contributed by atoms with van der Waals surface area (Å²) in [4.78, 5) is 0. The van der Waals surface area contributed by atoms with Gasteiger partial charge in [-0.25, -0.2) is 0 Å². The number of benzene rings is 1. The van der Waals surface area contributed by atoms with Gasteiger partial charge < -0.3 is 5.11 Å². The summed E-state index contributed by atoms with van der Waals surface area (Å²) in [6.07, 6.45) is 3.31. The molecule has 0 aliphatic heterocycles. The highest BCUT2D eigenvalue weighted by atomic mass is 16.3. The van der Waals surface area contributed by atoms with Crippen LogP contribution in [0.4, 0.5) is 0 Å². The Bertz CT molecular complexity index is 289. The molecule has 0 atom stereocenters. The van der Waals surface area contributed by atoms with E-state index in [0.717, 1.165) is 18.4 Å². The van der Waals surface area contributed by atoms with E-state index in [1.54, 1.807) is 0 Å². The van der Waals surface area contributed by atoms with Gasteiger partial charge in [0.25, 0.3) is 0 Å². The highest BCUT2D eigenvalue weighted by molar-refractivity contribution is 5.37. The van der Waals surface area contributed by atoms with E-state index < -0.39 is 0 Å². The summed E-state index contributed by atoms with van der Waals surface area (Å²) in [7, 11) is 0. The zero-order chi connectivity index (χ0) is 10.6. The largest absolute Gasteiger partial charge is 0.508 e. The van der Waals surface area contributed by atoms with Crippen LogP contribution in [0.15, 0.2) is 18.2 Å². The van der Waals surface area contributed by atoms with E-state index in [1.165, 1.54) is 12.0 Å². The number of aromatic hydroxyl groups is 1. The van der Waals surface area contributed by atoms with Crippen molar-refractivity contribution in [3.05, 3.63) is 29.3 Å². The van der Waals surface area contributed by atoms with Crippen molar-refractivity contribution in [1.82, 2.24) is 0 Å². The predicted octanol–water partition coefficient (Wildman–Crippen LogP) is 3.86. The summed E-state index contributed by atoms with van der Waals surface area (Å²) < 4.78 is 0. The molecule has 78 valence electrons. The van der Waals surface area contributed by atoms with Crippen LogP contribution in [0.5, 0.6) is 5.75 Å². The van der Waals surface area contributed by atoms with Gasteiger partial charge in [-0.1, -0.05) is 39.3 Å². The van der Waals surface area contributed by atoms with E-state index in [0.29, 0.717) is 11.7 Å². The number of hydrogen-bond acceptors (Lipinski definition) is 1. The topological polar surface area (TPSA) is 20.2 Å². The molecule has 1 aromatic rings. The third-order valence-corrected chi connectivity index (χ3v) is 2.58. The molecule has 0 aliphatic carbocycles. The van der Waals surface area contributed by atoms with E-state index in [1.807, 2.05) is 6.07 Å². The normalized spacial score (nSPS) is 10.9. The van der Waals surface area contributed by atoms with Crippen LogP contribution in [-0.2, 0) is 6.42 Å². The second-order valence-corrected chi connectivity index (χ2v) is 4.15. The van der Waals surface area contributed by atoms with Crippen molar-refractivity contribution in [3.63, 3.8) is 0 Å². The van der Waals surface area contributed by atoms with Gasteiger partial charge in [-0.2, -0.15) is 0 Å². The van der Waals surface area contributed by atoms with E-state index in [2.05, 4.69) is 32.9 Å². The van der Waals surface area contributed by atoms with Gasteiger partial charge >= 0.3 is 0 Å². The predicted molar refractivity (Wildman–Crippen MR) is 60.8 cm³/mol. The molecule has 1 heteroatoms. The lowest BCUT2D eigenvalue weighted by molar-refractivity contribution is 0.465. The van der Waals surface area contributed by atoms with Crippen molar-refractivity contribution in [2.75, 3.05) is 0 Å². The monoisotopic (exact) mass is 192 g/mol. The molecule has 14 heavy (non-hydrogen) atoms. The summed E-state index contributed by atoms with van der Waals surface area (Å²) in [5.41, 5.74) is 2.29. The Hall–Kier alpha value is -0.980. The Morgan fingerprint density at radius 1 is 1.29 bits per heavy atom. The Morgan fingerprint density at radius 3 is 2.50 bits per heavy atom. The summed E-state index contributed by atoms with van der Waals surface area (Å²) >= 11 is 0. The molecule has 0 unspecified atom stereocenters. The molecule has 0 spiro atoms. The fourth-order valence-electron chi connectivity index (χ4n) is 1.52. The number of hydrogen-bond donors (Lipinski definition) is 1. The van der Waals surface area contributed by atoms with Crippen molar-refractivity contribution >= 4 is 0 Å². The van der Waals surface area contributed by atoms with Crippen LogP contribution in [-0.4, -0.2) is 5.11 Å². The summed E-state index contributed by atoms with van der Waals surface area (Å²) in [5, 5.41) is 9.77. The second kappa shape index (κ2) is 5.04. The molecule has 0 aromatic heterocycles. The van der Waals surface area contributed by atoms with Crippen molar-refractivity contribution < 1.29 is 5.11 Å². The third-order valence-electron chi connectivity index (χ3n) is 2.58. The van der Waals surface area contributed by atoms with Crippen LogP contribution >= 0.6 is 0 Å². The SMILES string of the molecule is CCCCc1ccc(C(C)C)cc1O. The van der Waals surface area contributed by atoms with Crippen LogP contribution < -0.4 is 0 Å². The molecule has 1 N–H and O–H groups in total. The van der Waals surface area contributed by atoms with Crippen LogP contribution in [0, 0.1) is 0 Å². The highest BCUT2D eigenvalue weighted by Crippen LogP contribution is 2.24. The summed E-state index contributed by atoms with van der Waals surface area (Å²) in [6, 6.07) is 6.07. The molecule has 0 saturated heterocycles. The van der Waals surface area contributed by atoms with Crippen molar-refractivity contribution in [2.24, 2.45) is 0 Å². The van der Waals surface area contributed by atoms with Gasteiger partial charge in [0.2, 0.25) is 0 Å².